The van der Waals surface area contributed by atoms with E-state index in [1.807, 2.05) is 0 Å². The first kappa shape index (κ1) is 30.3. The second-order valence-corrected chi connectivity index (χ2v) is 10.7. The summed E-state index contributed by atoms with van der Waals surface area (Å²) in [5.74, 6) is 0. The van der Waals surface area contributed by atoms with Crippen molar-refractivity contribution in [2.24, 2.45) is 0 Å². The molecule has 0 heterocycles. The minimum Gasteiger partial charge on any atom is -0.0654 e. The fourth-order valence-corrected chi connectivity index (χ4v) is 5.01. The highest BCUT2D eigenvalue weighted by Gasteiger charge is 2.04. The molecule has 1 radical (unpaired) electrons. The number of benzene rings is 1. The molecule has 0 fully saturated rings. The molecule has 1 aromatic carbocycles. The van der Waals surface area contributed by atoms with Crippen LogP contribution in [0.4, 0.5) is 0 Å². The van der Waals surface area contributed by atoms with Gasteiger partial charge in [0.25, 0.3) is 0 Å². The second-order valence-electron chi connectivity index (χ2n) is 10.7. The molecule has 0 aliphatic carbocycles. The van der Waals surface area contributed by atoms with Gasteiger partial charge in [-0.2, -0.15) is 0 Å². The first-order valence-electron chi connectivity index (χ1n) is 15.3. The summed E-state index contributed by atoms with van der Waals surface area (Å²) >= 11 is 0. The summed E-state index contributed by atoms with van der Waals surface area (Å²) in [6, 6.07) is 8.84. The highest BCUT2D eigenvalue weighted by Crippen LogP contribution is 2.19. The van der Waals surface area contributed by atoms with Crippen LogP contribution in [0.15, 0.2) is 12.1 Å². The van der Waals surface area contributed by atoms with Crippen LogP contribution < -0.4 is 0 Å². The van der Waals surface area contributed by atoms with E-state index in [2.05, 4.69) is 39.0 Å². The van der Waals surface area contributed by atoms with E-state index in [4.69, 9.17) is 0 Å². The Labute approximate surface area is 209 Å². The number of aryl methyl sites for hydroxylation is 3. The third kappa shape index (κ3) is 18.2. The standard InChI is InChI=1S/C33H59/c1-4-7-10-13-16-19-22-25-31-28-32(26-23-20-17-14-11-8-5-2)30-33(29-31)27-24-21-18-15-12-9-6-3/h28-29H,4-27H2,1-3H3. The van der Waals surface area contributed by atoms with E-state index in [0.29, 0.717) is 0 Å². The third-order valence-corrected chi connectivity index (χ3v) is 7.21. The maximum atomic E-state index is 3.83. The van der Waals surface area contributed by atoms with Crippen molar-refractivity contribution in [2.45, 2.75) is 175 Å². The van der Waals surface area contributed by atoms with Crippen molar-refractivity contribution in [3.63, 3.8) is 0 Å². The average Bonchev–Trinajstić information content (AvgIpc) is 2.82. The van der Waals surface area contributed by atoms with E-state index < -0.39 is 0 Å². The molecular weight excluding hydrogens is 396 g/mol. The number of unbranched alkanes of at least 4 members (excludes halogenated alkanes) is 18. The highest BCUT2D eigenvalue weighted by atomic mass is 14.1. The molecule has 0 aromatic heterocycles. The van der Waals surface area contributed by atoms with Crippen molar-refractivity contribution in [3.8, 4) is 0 Å². The van der Waals surface area contributed by atoms with Crippen LogP contribution in [0.25, 0.3) is 0 Å². The Morgan fingerprint density at radius 1 is 0.394 bits per heavy atom. The molecular formula is C33H59. The Morgan fingerprint density at radius 3 is 1.06 bits per heavy atom. The van der Waals surface area contributed by atoms with Gasteiger partial charge in [-0.15, -0.1) is 0 Å². The molecule has 0 saturated heterocycles. The summed E-state index contributed by atoms with van der Waals surface area (Å²) < 4.78 is 0. The first-order chi connectivity index (χ1) is 16.3. The summed E-state index contributed by atoms with van der Waals surface area (Å²) in [5, 5.41) is 0. The molecule has 0 bridgehead atoms. The maximum absolute atomic E-state index is 3.83. The van der Waals surface area contributed by atoms with Crippen LogP contribution in [-0.4, -0.2) is 0 Å². The normalized spacial score (nSPS) is 11.4. The van der Waals surface area contributed by atoms with Gasteiger partial charge < -0.3 is 0 Å². The fraction of sp³-hybridized carbons (Fsp3) is 0.818. The van der Waals surface area contributed by atoms with Crippen LogP contribution in [0.1, 0.15) is 172 Å². The topological polar surface area (TPSA) is 0 Å². The van der Waals surface area contributed by atoms with Gasteiger partial charge in [0.15, 0.2) is 0 Å². The zero-order chi connectivity index (χ0) is 23.8. The van der Waals surface area contributed by atoms with Crippen molar-refractivity contribution in [3.05, 3.63) is 34.9 Å². The van der Waals surface area contributed by atoms with Gasteiger partial charge >= 0.3 is 0 Å². The van der Waals surface area contributed by atoms with Gasteiger partial charge in [0.05, 0.1) is 0 Å². The maximum Gasteiger partial charge on any atom is -0.0114 e. The molecule has 0 aliphatic heterocycles. The summed E-state index contributed by atoms with van der Waals surface area (Å²) in [6.07, 6.45) is 33.1. The van der Waals surface area contributed by atoms with Crippen molar-refractivity contribution in [1.29, 1.82) is 0 Å². The molecule has 33 heavy (non-hydrogen) atoms. The molecule has 0 unspecified atom stereocenters. The Hall–Kier alpha value is -0.780. The van der Waals surface area contributed by atoms with Gasteiger partial charge in [-0.25, -0.2) is 0 Å². The predicted octanol–water partition coefficient (Wildman–Crippen LogP) is 11.4. The number of hydrogen-bond donors (Lipinski definition) is 0. The zero-order valence-electron chi connectivity index (χ0n) is 23.1. The van der Waals surface area contributed by atoms with E-state index in [9.17, 15) is 0 Å². The molecule has 0 heteroatoms. The molecule has 1 aromatic rings. The van der Waals surface area contributed by atoms with Crippen LogP contribution in [0, 0.1) is 6.07 Å². The summed E-state index contributed by atoms with van der Waals surface area (Å²) in [5.41, 5.74) is 4.60. The molecule has 0 nitrogen and oxygen atoms in total. The smallest absolute Gasteiger partial charge is 0.0114 e. The highest BCUT2D eigenvalue weighted by molar-refractivity contribution is 5.29. The van der Waals surface area contributed by atoms with Crippen LogP contribution >= 0.6 is 0 Å². The van der Waals surface area contributed by atoms with Crippen LogP contribution in [-0.2, 0) is 19.3 Å². The monoisotopic (exact) mass is 455 g/mol. The summed E-state index contributed by atoms with van der Waals surface area (Å²) in [6.45, 7) is 6.92. The number of hydrogen-bond acceptors (Lipinski definition) is 0. The zero-order valence-corrected chi connectivity index (χ0v) is 23.1. The third-order valence-electron chi connectivity index (χ3n) is 7.21. The van der Waals surface area contributed by atoms with Gasteiger partial charge in [-0.3, -0.25) is 0 Å². The predicted molar refractivity (Wildman–Crippen MR) is 150 cm³/mol. The molecule has 0 atom stereocenters. The van der Waals surface area contributed by atoms with Crippen LogP contribution in [0.2, 0.25) is 0 Å². The van der Waals surface area contributed by atoms with Crippen LogP contribution in [0.5, 0.6) is 0 Å². The van der Waals surface area contributed by atoms with E-state index in [-0.39, 0.29) is 0 Å². The fourth-order valence-electron chi connectivity index (χ4n) is 5.01. The lowest BCUT2D eigenvalue weighted by molar-refractivity contribution is 0.585. The van der Waals surface area contributed by atoms with E-state index in [0.717, 1.165) is 0 Å². The molecule has 191 valence electrons. The number of rotatable bonds is 24. The Bertz CT molecular complexity index is 440. The SMILES string of the molecule is CCCCCCCCCc1[c]c(CCCCCCCCC)cc(CCCCCCCCC)c1. The Morgan fingerprint density at radius 2 is 0.697 bits per heavy atom. The average molecular weight is 456 g/mol. The molecule has 0 saturated carbocycles. The van der Waals surface area contributed by atoms with Crippen molar-refractivity contribution < 1.29 is 0 Å². The van der Waals surface area contributed by atoms with E-state index in [1.54, 1.807) is 5.56 Å². The van der Waals surface area contributed by atoms with E-state index >= 15 is 0 Å². The summed E-state index contributed by atoms with van der Waals surface area (Å²) in [4.78, 5) is 0. The van der Waals surface area contributed by atoms with Gasteiger partial charge in [0, 0.05) is 0 Å². The lowest BCUT2D eigenvalue weighted by Crippen LogP contribution is -1.97. The Kier molecular flexibility index (Phi) is 21.1. The minimum absolute atomic E-state index is 1.24. The van der Waals surface area contributed by atoms with Gasteiger partial charge in [-0.1, -0.05) is 148 Å². The van der Waals surface area contributed by atoms with Crippen molar-refractivity contribution in [1.82, 2.24) is 0 Å². The quantitative estimate of drug-likeness (QED) is 0.136. The van der Waals surface area contributed by atoms with Gasteiger partial charge in [0.1, 0.15) is 0 Å². The molecule has 0 amide bonds. The molecule has 0 aliphatic rings. The minimum atomic E-state index is 1.24. The summed E-state index contributed by atoms with van der Waals surface area (Å²) in [7, 11) is 0. The molecule has 0 N–H and O–H groups in total. The largest absolute Gasteiger partial charge is 0.0654 e. The van der Waals surface area contributed by atoms with Crippen LogP contribution in [0.3, 0.4) is 0 Å². The Balaban J connectivity index is 2.44. The van der Waals surface area contributed by atoms with Gasteiger partial charge in [-0.05, 0) is 61.3 Å². The first-order valence-corrected chi connectivity index (χ1v) is 15.3. The van der Waals surface area contributed by atoms with E-state index in [1.165, 1.54) is 165 Å². The second kappa shape index (κ2) is 23.0. The van der Waals surface area contributed by atoms with Crippen molar-refractivity contribution in [2.75, 3.05) is 0 Å². The van der Waals surface area contributed by atoms with Gasteiger partial charge in [0.2, 0.25) is 0 Å². The lowest BCUT2D eigenvalue weighted by Gasteiger charge is -2.10. The lowest BCUT2D eigenvalue weighted by atomic mass is 9.95. The molecule has 0 spiro atoms. The molecule has 1 rings (SSSR count). The van der Waals surface area contributed by atoms with Crippen molar-refractivity contribution >= 4 is 0 Å².